The van der Waals surface area contributed by atoms with Gasteiger partial charge in [0.05, 0.1) is 11.6 Å². The predicted octanol–water partition coefficient (Wildman–Crippen LogP) is 1.21. The van der Waals surface area contributed by atoms with Gasteiger partial charge in [-0.15, -0.1) is 0 Å². The molecular formula is C18H20N4O2. The summed E-state index contributed by atoms with van der Waals surface area (Å²) in [6, 6.07) is 9.39. The number of nitriles is 1. The van der Waals surface area contributed by atoms with Crippen LogP contribution >= 0.6 is 0 Å². The van der Waals surface area contributed by atoms with E-state index in [0.717, 1.165) is 19.6 Å². The first-order valence-electron chi connectivity index (χ1n) is 8.09. The average molecular weight is 324 g/mol. The average Bonchev–Trinajstić information content (AvgIpc) is 2.63. The number of nitrogens with zero attached hydrogens (tertiary/aromatic N) is 4. The van der Waals surface area contributed by atoms with Gasteiger partial charge in [-0.25, -0.2) is 0 Å². The number of carbonyl (C=O) groups is 1. The lowest BCUT2D eigenvalue weighted by Crippen LogP contribution is -2.49. The summed E-state index contributed by atoms with van der Waals surface area (Å²) in [6.45, 7) is 3.58. The number of aryl methyl sites for hydroxylation is 1. The van der Waals surface area contributed by atoms with Crippen molar-refractivity contribution in [3.63, 3.8) is 0 Å². The molecule has 1 saturated heterocycles. The van der Waals surface area contributed by atoms with Crippen LogP contribution in [-0.2, 0) is 7.05 Å². The van der Waals surface area contributed by atoms with Gasteiger partial charge in [-0.3, -0.25) is 14.5 Å². The Morgan fingerprint density at radius 2 is 1.83 bits per heavy atom. The molecule has 0 radical (unpaired) electrons. The highest BCUT2D eigenvalue weighted by molar-refractivity contribution is 6.06. The molecule has 6 nitrogen and oxygen atoms in total. The third kappa shape index (κ3) is 3.03. The zero-order chi connectivity index (χ0) is 17.1. The topological polar surface area (TPSA) is 69.3 Å². The van der Waals surface area contributed by atoms with Crippen LogP contribution in [0.1, 0.15) is 16.8 Å². The Morgan fingerprint density at radius 3 is 2.50 bits per heavy atom. The van der Waals surface area contributed by atoms with Gasteiger partial charge >= 0.3 is 0 Å². The molecule has 0 atom stereocenters. The molecule has 2 aromatic rings. The summed E-state index contributed by atoms with van der Waals surface area (Å²) in [5, 5.41) is 9.94. The summed E-state index contributed by atoms with van der Waals surface area (Å²) < 4.78 is 1.47. The van der Waals surface area contributed by atoms with E-state index in [1.165, 1.54) is 4.57 Å². The van der Waals surface area contributed by atoms with E-state index in [-0.39, 0.29) is 11.5 Å². The zero-order valence-corrected chi connectivity index (χ0v) is 13.7. The van der Waals surface area contributed by atoms with Crippen molar-refractivity contribution in [1.82, 2.24) is 14.4 Å². The number of hydrogen-bond acceptors (Lipinski definition) is 4. The molecule has 1 fully saturated rings. The molecule has 6 heteroatoms. The van der Waals surface area contributed by atoms with Gasteiger partial charge in [0.15, 0.2) is 0 Å². The third-order valence-corrected chi connectivity index (χ3v) is 4.52. The van der Waals surface area contributed by atoms with Crippen LogP contribution in [0.3, 0.4) is 0 Å². The second-order valence-electron chi connectivity index (χ2n) is 6.05. The van der Waals surface area contributed by atoms with Crippen molar-refractivity contribution in [1.29, 1.82) is 5.26 Å². The fourth-order valence-electron chi connectivity index (χ4n) is 3.14. The van der Waals surface area contributed by atoms with Gasteiger partial charge in [-0.05, 0) is 6.07 Å². The molecular weight excluding hydrogens is 304 g/mol. The number of amides is 1. The maximum Gasteiger partial charge on any atom is 0.258 e. The summed E-state index contributed by atoms with van der Waals surface area (Å²) in [7, 11) is 1.67. The highest BCUT2D eigenvalue weighted by atomic mass is 16.2. The highest BCUT2D eigenvalue weighted by Gasteiger charge is 2.24. The molecule has 1 amide bonds. The Kier molecular flexibility index (Phi) is 4.63. The van der Waals surface area contributed by atoms with E-state index in [1.54, 1.807) is 19.3 Å². The number of benzene rings is 1. The van der Waals surface area contributed by atoms with Gasteiger partial charge in [0.2, 0.25) is 0 Å². The molecule has 124 valence electrons. The molecule has 1 aliphatic rings. The monoisotopic (exact) mass is 324 g/mol. The lowest BCUT2D eigenvalue weighted by molar-refractivity contribution is 0.0641. The number of pyridine rings is 1. The minimum Gasteiger partial charge on any atom is -0.336 e. The van der Waals surface area contributed by atoms with Crippen LogP contribution in [0.15, 0.2) is 35.3 Å². The second kappa shape index (κ2) is 6.85. The SMILES string of the molecule is Cn1cc(C(=O)N2CCN(CCC#N)CC2)c2ccccc2c1=O. The second-order valence-corrected chi connectivity index (χ2v) is 6.05. The normalized spacial score (nSPS) is 15.4. The standard InChI is InChI=1S/C18H20N4O2/c1-20-13-16(14-5-2-3-6-15(14)17(20)23)18(24)22-11-9-21(10-12-22)8-4-7-19/h2-3,5-6,13H,4,8-12H2,1H3. The smallest absolute Gasteiger partial charge is 0.258 e. The lowest BCUT2D eigenvalue weighted by atomic mass is 10.1. The van der Waals surface area contributed by atoms with Crippen molar-refractivity contribution in [2.75, 3.05) is 32.7 Å². The van der Waals surface area contributed by atoms with Crippen LogP contribution < -0.4 is 5.56 Å². The van der Waals surface area contributed by atoms with Crippen molar-refractivity contribution >= 4 is 16.7 Å². The van der Waals surface area contributed by atoms with Crippen molar-refractivity contribution < 1.29 is 4.79 Å². The van der Waals surface area contributed by atoms with Crippen molar-refractivity contribution in [2.24, 2.45) is 7.05 Å². The minimum atomic E-state index is -0.0940. The Balaban J connectivity index is 1.84. The first-order chi connectivity index (χ1) is 11.6. The van der Waals surface area contributed by atoms with E-state index >= 15 is 0 Å². The summed E-state index contributed by atoms with van der Waals surface area (Å²) in [4.78, 5) is 29.2. The number of aromatic nitrogens is 1. The molecule has 1 aromatic carbocycles. The van der Waals surface area contributed by atoms with Crippen molar-refractivity contribution in [3.05, 3.63) is 46.4 Å². The molecule has 24 heavy (non-hydrogen) atoms. The van der Waals surface area contributed by atoms with Gasteiger partial charge in [-0.2, -0.15) is 5.26 Å². The number of carbonyl (C=O) groups excluding carboxylic acids is 1. The predicted molar refractivity (Wildman–Crippen MR) is 91.8 cm³/mol. The van der Waals surface area contributed by atoms with Gasteiger partial charge in [0.1, 0.15) is 0 Å². The van der Waals surface area contributed by atoms with Crippen LogP contribution in [0.5, 0.6) is 0 Å². The molecule has 0 N–H and O–H groups in total. The van der Waals surface area contributed by atoms with Crippen molar-refractivity contribution in [3.8, 4) is 6.07 Å². The van der Waals surface area contributed by atoms with E-state index in [0.29, 0.717) is 35.8 Å². The van der Waals surface area contributed by atoms with Crippen LogP contribution in [-0.4, -0.2) is 53.0 Å². The molecule has 0 spiro atoms. The minimum absolute atomic E-state index is 0.0401. The fourth-order valence-corrected chi connectivity index (χ4v) is 3.14. The molecule has 3 rings (SSSR count). The molecule has 0 saturated carbocycles. The molecule has 0 unspecified atom stereocenters. The van der Waals surface area contributed by atoms with Gasteiger partial charge in [0.25, 0.3) is 11.5 Å². The maximum atomic E-state index is 12.9. The van der Waals surface area contributed by atoms with E-state index in [9.17, 15) is 9.59 Å². The Hall–Kier alpha value is -2.65. The Bertz CT molecular complexity index is 857. The first-order valence-corrected chi connectivity index (χ1v) is 8.09. The molecule has 1 aliphatic heterocycles. The number of hydrogen-bond donors (Lipinski definition) is 0. The highest BCUT2D eigenvalue weighted by Crippen LogP contribution is 2.18. The zero-order valence-electron chi connectivity index (χ0n) is 13.7. The van der Waals surface area contributed by atoms with Crippen LogP contribution in [0.2, 0.25) is 0 Å². The third-order valence-electron chi connectivity index (χ3n) is 4.52. The fraction of sp³-hybridized carbons (Fsp3) is 0.389. The number of fused-ring (bicyclic) bond motifs is 1. The lowest BCUT2D eigenvalue weighted by Gasteiger charge is -2.34. The quantitative estimate of drug-likeness (QED) is 0.851. The van der Waals surface area contributed by atoms with Gasteiger partial charge < -0.3 is 9.47 Å². The summed E-state index contributed by atoms with van der Waals surface area (Å²) >= 11 is 0. The van der Waals surface area contributed by atoms with E-state index in [1.807, 2.05) is 23.1 Å². The Morgan fingerprint density at radius 1 is 1.17 bits per heavy atom. The number of piperazine rings is 1. The van der Waals surface area contributed by atoms with E-state index in [4.69, 9.17) is 5.26 Å². The van der Waals surface area contributed by atoms with Crippen LogP contribution in [0.4, 0.5) is 0 Å². The molecule has 2 heterocycles. The number of rotatable bonds is 3. The summed E-state index contributed by atoms with van der Waals surface area (Å²) in [5.41, 5.74) is 0.474. The Labute approximate surface area is 140 Å². The largest absolute Gasteiger partial charge is 0.336 e. The van der Waals surface area contributed by atoms with E-state index < -0.39 is 0 Å². The van der Waals surface area contributed by atoms with Crippen molar-refractivity contribution in [2.45, 2.75) is 6.42 Å². The van der Waals surface area contributed by atoms with Crippen LogP contribution in [0.25, 0.3) is 10.8 Å². The first kappa shape index (κ1) is 16.2. The summed E-state index contributed by atoms with van der Waals surface area (Å²) in [5.74, 6) is -0.0401. The van der Waals surface area contributed by atoms with Gasteiger partial charge in [0, 0.05) is 63.2 Å². The summed E-state index contributed by atoms with van der Waals surface area (Å²) in [6.07, 6.45) is 2.15. The molecule has 1 aromatic heterocycles. The van der Waals surface area contributed by atoms with E-state index in [2.05, 4.69) is 11.0 Å². The molecule has 0 aliphatic carbocycles. The molecule has 0 bridgehead atoms. The maximum absolute atomic E-state index is 12.9. The van der Waals surface area contributed by atoms with Crippen LogP contribution in [0, 0.1) is 11.3 Å². The van der Waals surface area contributed by atoms with Gasteiger partial charge in [-0.1, -0.05) is 18.2 Å².